The van der Waals surface area contributed by atoms with Gasteiger partial charge in [0.1, 0.15) is 0 Å². The number of carbonyl (C=O) groups is 2. The van der Waals surface area contributed by atoms with Gasteiger partial charge in [0.15, 0.2) is 0 Å². The molecular formula is C10H18N2O2. The highest BCUT2D eigenvalue weighted by Gasteiger charge is 2.78. The predicted octanol–water partition coefficient (Wildman–Crippen LogP) is 1.25. The Labute approximate surface area is 84.2 Å². The van der Waals surface area contributed by atoms with E-state index < -0.39 is 11.4 Å². The molecule has 0 atom stereocenters. The van der Waals surface area contributed by atoms with E-state index >= 15 is 0 Å². The van der Waals surface area contributed by atoms with Crippen molar-refractivity contribution in [1.29, 1.82) is 0 Å². The molecule has 0 aromatic heterocycles. The Morgan fingerprint density at radius 1 is 1.00 bits per heavy atom. The van der Waals surface area contributed by atoms with Gasteiger partial charge in [-0.2, -0.15) is 0 Å². The predicted molar refractivity (Wildman–Crippen MR) is 53.4 cm³/mol. The van der Waals surface area contributed by atoms with Crippen LogP contribution in [0.25, 0.3) is 0 Å². The van der Waals surface area contributed by atoms with Crippen molar-refractivity contribution in [2.24, 2.45) is 22.0 Å². The van der Waals surface area contributed by atoms with Crippen LogP contribution in [0.5, 0.6) is 0 Å². The lowest BCUT2D eigenvalue weighted by Gasteiger charge is -2.13. The van der Waals surface area contributed by atoms with Crippen molar-refractivity contribution in [3.63, 3.8) is 0 Å². The van der Waals surface area contributed by atoms with Crippen molar-refractivity contribution in [1.82, 2.24) is 5.32 Å². The molecule has 0 aliphatic heterocycles. The van der Waals surface area contributed by atoms with Crippen molar-refractivity contribution in [3.05, 3.63) is 0 Å². The molecule has 0 spiro atoms. The zero-order chi connectivity index (χ0) is 11.4. The average molecular weight is 198 g/mol. The molecule has 1 saturated carbocycles. The maximum Gasteiger partial charge on any atom is 0.318 e. The fourth-order valence-corrected chi connectivity index (χ4v) is 2.40. The van der Waals surface area contributed by atoms with Crippen LogP contribution in [0.2, 0.25) is 0 Å². The van der Waals surface area contributed by atoms with Crippen LogP contribution in [-0.4, -0.2) is 11.9 Å². The summed E-state index contributed by atoms with van der Waals surface area (Å²) < 4.78 is 0. The molecule has 0 radical (unpaired) electrons. The Morgan fingerprint density at radius 2 is 1.36 bits per heavy atom. The zero-order valence-corrected chi connectivity index (χ0v) is 9.39. The van der Waals surface area contributed by atoms with Gasteiger partial charge in [-0.15, -0.1) is 0 Å². The first kappa shape index (κ1) is 11.0. The van der Waals surface area contributed by atoms with Gasteiger partial charge >= 0.3 is 6.03 Å². The van der Waals surface area contributed by atoms with E-state index in [0.717, 1.165) is 0 Å². The summed E-state index contributed by atoms with van der Waals surface area (Å²) in [5, 5.41) is 2.16. The Hall–Kier alpha value is -1.06. The number of imide groups is 1. The summed E-state index contributed by atoms with van der Waals surface area (Å²) in [5.74, 6) is -0.278. The lowest BCUT2D eigenvalue weighted by molar-refractivity contribution is -0.126. The van der Waals surface area contributed by atoms with E-state index in [1.54, 1.807) is 0 Å². The topological polar surface area (TPSA) is 72.2 Å². The number of rotatable bonds is 1. The molecule has 0 heterocycles. The number of nitrogens with two attached hydrogens (primary N) is 1. The first-order valence-corrected chi connectivity index (χ1v) is 4.70. The monoisotopic (exact) mass is 198 g/mol. The molecule has 1 aliphatic carbocycles. The van der Waals surface area contributed by atoms with Gasteiger partial charge in [-0.25, -0.2) is 4.79 Å². The second-order valence-corrected chi connectivity index (χ2v) is 5.19. The van der Waals surface area contributed by atoms with Gasteiger partial charge in [-0.05, 0) is 17.8 Å². The third kappa shape index (κ3) is 0.938. The number of hydrogen-bond acceptors (Lipinski definition) is 2. The van der Waals surface area contributed by atoms with E-state index in [2.05, 4.69) is 5.32 Å². The number of hydrogen-bond donors (Lipinski definition) is 2. The van der Waals surface area contributed by atoms with Crippen LogP contribution >= 0.6 is 0 Å². The second kappa shape index (κ2) is 2.49. The van der Waals surface area contributed by atoms with Gasteiger partial charge in [0.05, 0.1) is 5.41 Å². The minimum atomic E-state index is -0.783. The lowest BCUT2D eigenvalue weighted by Crippen LogP contribution is -2.41. The summed E-state index contributed by atoms with van der Waals surface area (Å²) in [6.45, 7) is 9.95. The Balaban J connectivity index is 2.91. The largest absolute Gasteiger partial charge is 0.351 e. The van der Waals surface area contributed by atoms with Crippen LogP contribution in [0.3, 0.4) is 0 Å². The van der Waals surface area contributed by atoms with Gasteiger partial charge < -0.3 is 5.73 Å². The molecule has 0 saturated heterocycles. The number of carbonyl (C=O) groups excluding carboxylic acids is 2. The highest BCUT2D eigenvalue weighted by atomic mass is 16.2. The van der Waals surface area contributed by atoms with E-state index in [1.807, 2.05) is 34.6 Å². The van der Waals surface area contributed by atoms with Crippen LogP contribution in [-0.2, 0) is 4.79 Å². The first-order valence-electron chi connectivity index (χ1n) is 4.70. The van der Waals surface area contributed by atoms with E-state index in [0.29, 0.717) is 0 Å². The van der Waals surface area contributed by atoms with E-state index in [9.17, 15) is 9.59 Å². The zero-order valence-electron chi connectivity index (χ0n) is 9.39. The molecule has 0 bridgehead atoms. The molecule has 4 nitrogen and oxygen atoms in total. The van der Waals surface area contributed by atoms with Crippen molar-refractivity contribution < 1.29 is 9.59 Å². The Bertz CT molecular complexity index is 291. The molecule has 0 aromatic rings. The van der Waals surface area contributed by atoms with E-state index in [-0.39, 0.29) is 16.7 Å². The van der Waals surface area contributed by atoms with Crippen LogP contribution in [0, 0.1) is 16.2 Å². The number of amides is 3. The minimum absolute atomic E-state index is 0.112. The highest BCUT2D eigenvalue weighted by Crippen LogP contribution is 2.77. The van der Waals surface area contributed by atoms with Gasteiger partial charge in [0.25, 0.3) is 0 Å². The molecule has 80 valence electrons. The third-order valence-electron chi connectivity index (χ3n) is 4.69. The summed E-state index contributed by atoms with van der Waals surface area (Å²) >= 11 is 0. The molecule has 3 amide bonds. The summed E-state index contributed by atoms with van der Waals surface area (Å²) in [6.07, 6.45) is 0. The standard InChI is InChI=1S/C10H18N2O2/c1-8(2)9(3,4)10(8,5)6(13)12-7(11)14/h1-5H3,(H3,11,12,13,14). The highest BCUT2D eigenvalue weighted by molar-refractivity contribution is 5.99. The number of primary amides is 1. The number of urea groups is 1. The molecule has 1 aliphatic rings. The third-order valence-corrected chi connectivity index (χ3v) is 4.69. The Morgan fingerprint density at radius 3 is 1.57 bits per heavy atom. The molecule has 0 aromatic carbocycles. The van der Waals surface area contributed by atoms with Crippen LogP contribution < -0.4 is 11.1 Å². The van der Waals surface area contributed by atoms with Crippen molar-refractivity contribution in [3.8, 4) is 0 Å². The quantitative estimate of drug-likeness (QED) is 0.665. The second-order valence-electron chi connectivity index (χ2n) is 5.19. The summed E-state index contributed by atoms with van der Waals surface area (Å²) in [5.41, 5.74) is 4.18. The average Bonchev–Trinajstić information content (AvgIpc) is 2.28. The van der Waals surface area contributed by atoms with Crippen molar-refractivity contribution >= 4 is 11.9 Å². The van der Waals surface area contributed by atoms with E-state index in [4.69, 9.17) is 5.73 Å². The fraction of sp³-hybridized carbons (Fsp3) is 0.800. The molecule has 1 fully saturated rings. The fourth-order valence-electron chi connectivity index (χ4n) is 2.40. The maximum absolute atomic E-state index is 11.8. The summed E-state index contributed by atoms with van der Waals surface area (Å²) in [6, 6.07) is -0.783. The summed E-state index contributed by atoms with van der Waals surface area (Å²) in [7, 11) is 0. The van der Waals surface area contributed by atoms with Crippen LogP contribution in [0.1, 0.15) is 34.6 Å². The SMILES string of the molecule is CC1(C)C(C)(C)C1(C)C(=O)NC(N)=O. The normalized spacial score (nSPS) is 25.2. The van der Waals surface area contributed by atoms with Crippen molar-refractivity contribution in [2.45, 2.75) is 34.6 Å². The minimum Gasteiger partial charge on any atom is -0.351 e. The molecule has 4 heteroatoms. The first-order chi connectivity index (χ1) is 6.09. The lowest BCUT2D eigenvalue weighted by atomic mass is 9.96. The van der Waals surface area contributed by atoms with Gasteiger partial charge in [0, 0.05) is 0 Å². The number of nitrogens with one attached hydrogen (secondary N) is 1. The summed E-state index contributed by atoms with van der Waals surface area (Å²) in [4.78, 5) is 22.4. The Kier molecular flexibility index (Phi) is 1.96. The molecule has 14 heavy (non-hydrogen) atoms. The van der Waals surface area contributed by atoms with Crippen LogP contribution in [0.15, 0.2) is 0 Å². The molecule has 0 unspecified atom stereocenters. The van der Waals surface area contributed by atoms with Crippen molar-refractivity contribution in [2.75, 3.05) is 0 Å². The molecule has 1 rings (SSSR count). The van der Waals surface area contributed by atoms with Gasteiger partial charge in [0.2, 0.25) is 5.91 Å². The molecular weight excluding hydrogens is 180 g/mol. The maximum atomic E-state index is 11.8. The molecule has 3 N–H and O–H groups in total. The van der Waals surface area contributed by atoms with Crippen LogP contribution in [0.4, 0.5) is 4.79 Å². The van der Waals surface area contributed by atoms with Gasteiger partial charge in [-0.3, -0.25) is 10.1 Å². The van der Waals surface area contributed by atoms with Gasteiger partial charge in [-0.1, -0.05) is 27.7 Å². The smallest absolute Gasteiger partial charge is 0.318 e. The van der Waals surface area contributed by atoms with E-state index in [1.165, 1.54) is 0 Å².